The molecule has 0 aliphatic heterocycles. The Balaban J connectivity index is 1.91. The minimum Gasteiger partial charge on any atom is -0.390 e. The second-order valence-corrected chi connectivity index (χ2v) is 7.18. The van der Waals surface area contributed by atoms with Crippen LogP contribution in [0.1, 0.15) is 50.3 Å². The van der Waals surface area contributed by atoms with E-state index >= 15 is 0 Å². The molecule has 0 spiro atoms. The SMILES string of the molecule is CCCC1CCC(O)(Cc2sccc2Br)CC1. The van der Waals surface area contributed by atoms with E-state index in [4.69, 9.17) is 0 Å². The molecule has 0 amide bonds. The molecule has 0 radical (unpaired) electrons. The second-order valence-electron chi connectivity index (χ2n) is 5.32. The predicted molar refractivity (Wildman–Crippen MR) is 77.5 cm³/mol. The van der Waals surface area contributed by atoms with Gasteiger partial charge >= 0.3 is 0 Å². The molecule has 0 atom stereocenters. The van der Waals surface area contributed by atoms with Gasteiger partial charge in [0, 0.05) is 15.8 Å². The third-order valence-electron chi connectivity index (χ3n) is 3.91. The molecule has 2 rings (SSSR count). The van der Waals surface area contributed by atoms with Crippen molar-refractivity contribution in [2.75, 3.05) is 0 Å². The van der Waals surface area contributed by atoms with Crippen LogP contribution in [0.3, 0.4) is 0 Å². The first kappa shape index (κ1) is 13.6. The average molecular weight is 317 g/mol. The molecule has 17 heavy (non-hydrogen) atoms. The molecule has 1 aromatic rings. The van der Waals surface area contributed by atoms with Crippen molar-refractivity contribution in [1.82, 2.24) is 0 Å². The van der Waals surface area contributed by atoms with Crippen LogP contribution >= 0.6 is 27.3 Å². The minimum absolute atomic E-state index is 0.447. The molecular formula is C14H21BrOS. The van der Waals surface area contributed by atoms with Crippen molar-refractivity contribution in [2.24, 2.45) is 5.92 Å². The van der Waals surface area contributed by atoms with Crippen LogP contribution in [-0.2, 0) is 6.42 Å². The Morgan fingerprint density at radius 3 is 2.71 bits per heavy atom. The lowest BCUT2D eigenvalue weighted by molar-refractivity contribution is -0.00934. The number of thiophene rings is 1. The summed E-state index contributed by atoms with van der Waals surface area (Å²) in [6.07, 6.45) is 7.78. The van der Waals surface area contributed by atoms with Crippen molar-refractivity contribution in [1.29, 1.82) is 0 Å². The summed E-state index contributed by atoms with van der Waals surface area (Å²) in [7, 11) is 0. The molecule has 1 nitrogen and oxygen atoms in total. The van der Waals surface area contributed by atoms with Gasteiger partial charge in [-0.05, 0) is 59.0 Å². The van der Waals surface area contributed by atoms with Crippen molar-refractivity contribution < 1.29 is 5.11 Å². The van der Waals surface area contributed by atoms with Gasteiger partial charge in [-0.1, -0.05) is 19.8 Å². The molecule has 1 aromatic heterocycles. The predicted octanol–water partition coefficient (Wildman–Crippen LogP) is 4.77. The summed E-state index contributed by atoms with van der Waals surface area (Å²) in [5.41, 5.74) is -0.447. The Hall–Kier alpha value is 0.140. The van der Waals surface area contributed by atoms with Crippen LogP contribution in [0.25, 0.3) is 0 Å². The molecule has 1 aliphatic rings. The number of hydrogen-bond donors (Lipinski definition) is 1. The zero-order chi connectivity index (χ0) is 12.3. The smallest absolute Gasteiger partial charge is 0.0696 e. The Kier molecular flexibility index (Phi) is 4.67. The van der Waals surface area contributed by atoms with E-state index in [1.54, 1.807) is 11.3 Å². The van der Waals surface area contributed by atoms with E-state index < -0.39 is 5.60 Å². The summed E-state index contributed by atoms with van der Waals surface area (Å²) >= 11 is 5.30. The highest BCUT2D eigenvalue weighted by atomic mass is 79.9. The molecule has 1 aliphatic carbocycles. The number of rotatable bonds is 4. The molecule has 0 unspecified atom stereocenters. The van der Waals surface area contributed by atoms with Gasteiger partial charge < -0.3 is 5.11 Å². The van der Waals surface area contributed by atoms with E-state index in [1.165, 1.54) is 30.6 Å². The van der Waals surface area contributed by atoms with Crippen molar-refractivity contribution in [3.05, 3.63) is 20.8 Å². The summed E-state index contributed by atoms with van der Waals surface area (Å²) < 4.78 is 1.16. The van der Waals surface area contributed by atoms with Gasteiger partial charge in [0.2, 0.25) is 0 Å². The maximum atomic E-state index is 10.6. The lowest BCUT2D eigenvalue weighted by Crippen LogP contribution is -2.36. The monoisotopic (exact) mass is 316 g/mol. The van der Waals surface area contributed by atoms with Crippen LogP contribution in [0, 0.1) is 5.92 Å². The van der Waals surface area contributed by atoms with Crippen LogP contribution in [0.4, 0.5) is 0 Å². The topological polar surface area (TPSA) is 20.2 Å². The fourth-order valence-corrected chi connectivity index (χ4v) is 4.47. The third kappa shape index (κ3) is 3.55. The van der Waals surface area contributed by atoms with Gasteiger partial charge in [0.25, 0.3) is 0 Å². The van der Waals surface area contributed by atoms with Gasteiger partial charge in [0.1, 0.15) is 0 Å². The Morgan fingerprint density at radius 2 is 2.18 bits per heavy atom. The van der Waals surface area contributed by atoms with Crippen molar-refractivity contribution in [3.8, 4) is 0 Å². The van der Waals surface area contributed by atoms with E-state index in [1.807, 2.05) is 0 Å². The van der Waals surface area contributed by atoms with E-state index in [-0.39, 0.29) is 0 Å². The molecule has 1 N–H and O–H groups in total. The molecule has 1 heterocycles. The zero-order valence-electron chi connectivity index (χ0n) is 10.4. The molecule has 0 aromatic carbocycles. The molecular weight excluding hydrogens is 296 g/mol. The Bertz CT molecular complexity index is 353. The maximum Gasteiger partial charge on any atom is 0.0696 e. The summed E-state index contributed by atoms with van der Waals surface area (Å²) in [6, 6.07) is 2.08. The van der Waals surface area contributed by atoms with Gasteiger partial charge in [-0.3, -0.25) is 0 Å². The van der Waals surface area contributed by atoms with Crippen LogP contribution in [-0.4, -0.2) is 10.7 Å². The van der Waals surface area contributed by atoms with E-state index in [0.29, 0.717) is 0 Å². The maximum absolute atomic E-state index is 10.6. The van der Waals surface area contributed by atoms with Crippen molar-refractivity contribution in [2.45, 2.75) is 57.5 Å². The van der Waals surface area contributed by atoms with Gasteiger partial charge in [-0.2, -0.15) is 0 Å². The standard InChI is InChI=1S/C14H21BrOS/c1-2-3-11-4-7-14(16,8-5-11)10-13-12(15)6-9-17-13/h6,9,11,16H,2-5,7-8,10H2,1H3. The number of aliphatic hydroxyl groups is 1. The van der Waals surface area contributed by atoms with E-state index in [0.717, 1.165) is 29.7 Å². The van der Waals surface area contributed by atoms with E-state index in [2.05, 4.69) is 34.3 Å². The van der Waals surface area contributed by atoms with Crippen LogP contribution < -0.4 is 0 Å². The first-order chi connectivity index (χ1) is 8.13. The van der Waals surface area contributed by atoms with Gasteiger partial charge in [0.05, 0.1) is 5.60 Å². The van der Waals surface area contributed by atoms with Gasteiger partial charge in [-0.15, -0.1) is 11.3 Å². The summed E-state index contributed by atoms with van der Waals surface area (Å²) in [5, 5.41) is 12.7. The minimum atomic E-state index is -0.447. The molecule has 0 bridgehead atoms. The Labute approximate surface area is 116 Å². The van der Waals surface area contributed by atoms with Gasteiger partial charge in [0.15, 0.2) is 0 Å². The summed E-state index contributed by atoms with van der Waals surface area (Å²) in [6.45, 7) is 2.25. The second kappa shape index (κ2) is 5.85. The number of halogens is 1. The van der Waals surface area contributed by atoms with Gasteiger partial charge in [-0.25, -0.2) is 0 Å². The molecule has 1 saturated carbocycles. The lowest BCUT2D eigenvalue weighted by atomic mass is 9.75. The first-order valence-electron chi connectivity index (χ1n) is 6.57. The third-order valence-corrected chi connectivity index (χ3v) is 5.84. The highest BCUT2D eigenvalue weighted by Crippen LogP contribution is 2.38. The summed E-state index contributed by atoms with van der Waals surface area (Å²) in [5.74, 6) is 0.854. The fourth-order valence-electron chi connectivity index (χ4n) is 2.84. The van der Waals surface area contributed by atoms with Crippen LogP contribution in [0.15, 0.2) is 15.9 Å². The quantitative estimate of drug-likeness (QED) is 0.848. The molecule has 96 valence electrons. The van der Waals surface area contributed by atoms with Crippen LogP contribution in [0.2, 0.25) is 0 Å². The van der Waals surface area contributed by atoms with Crippen molar-refractivity contribution in [3.63, 3.8) is 0 Å². The first-order valence-corrected chi connectivity index (χ1v) is 8.24. The lowest BCUT2D eigenvalue weighted by Gasteiger charge is -2.36. The molecule has 1 fully saturated rings. The van der Waals surface area contributed by atoms with Crippen LogP contribution in [0.5, 0.6) is 0 Å². The zero-order valence-corrected chi connectivity index (χ0v) is 12.8. The van der Waals surface area contributed by atoms with Crippen molar-refractivity contribution >= 4 is 27.3 Å². The van der Waals surface area contributed by atoms with E-state index in [9.17, 15) is 5.11 Å². The molecule has 3 heteroatoms. The summed E-state index contributed by atoms with van der Waals surface area (Å²) in [4.78, 5) is 1.29. The average Bonchev–Trinajstić information content (AvgIpc) is 2.68. The number of hydrogen-bond acceptors (Lipinski definition) is 2. The Morgan fingerprint density at radius 1 is 1.47 bits per heavy atom. The largest absolute Gasteiger partial charge is 0.390 e. The highest BCUT2D eigenvalue weighted by Gasteiger charge is 2.33. The molecule has 0 saturated heterocycles. The normalized spacial score (nSPS) is 29.5. The fraction of sp³-hybridized carbons (Fsp3) is 0.714. The highest BCUT2D eigenvalue weighted by molar-refractivity contribution is 9.10.